The Balaban J connectivity index is 2.16. The van der Waals surface area contributed by atoms with Crippen LogP contribution in [0.2, 0.25) is 0 Å². The quantitative estimate of drug-likeness (QED) is 0.814. The van der Waals surface area contributed by atoms with E-state index in [2.05, 4.69) is 4.98 Å². The molecule has 1 heterocycles. The number of Topliss-reactive ketones (excluding diaryl/α,β-unsaturated/α-hetero) is 1. The zero-order valence-corrected chi connectivity index (χ0v) is 9.56. The van der Waals surface area contributed by atoms with Crippen LogP contribution in [0.5, 0.6) is 0 Å². The highest BCUT2D eigenvalue weighted by atomic mass is 16.4. The van der Waals surface area contributed by atoms with Gasteiger partial charge in [0.25, 0.3) is 0 Å². The van der Waals surface area contributed by atoms with Crippen LogP contribution in [0.15, 0.2) is 49.1 Å². The molecule has 2 rings (SSSR count). The number of carboxylic acid groups (broad SMARTS) is 1. The number of carboxylic acids is 1. The van der Waals surface area contributed by atoms with E-state index in [1.807, 2.05) is 0 Å². The number of benzene rings is 1. The van der Waals surface area contributed by atoms with E-state index in [0.29, 0.717) is 5.56 Å². The Bertz CT molecular complexity index is 535. The maximum absolute atomic E-state index is 12.0. The van der Waals surface area contributed by atoms with E-state index in [1.165, 1.54) is 23.3 Å². The molecule has 0 spiro atoms. The van der Waals surface area contributed by atoms with Crippen LogP contribution >= 0.6 is 0 Å². The van der Waals surface area contributed by atoms with Gasteiger partial charge in [-0.25, -0.2) is 9.78 Å². The van der Waals surface area contributed by atoms with Crippen molar-refractivity contribution in [3.63, 3.8) is 0 Å². The van der Waals surface area contributed by atoms with Crippen LogP contribution in [0.3, 0.4) is 0 Å². The summed E-state index contributed by atoms with van der Waals surface area (Å²) < 4.78 is 1.42. The molecule has 0 aliphatic heterocycles. The number of rotatable bonds is 5. The molecule has 1 N–H and O–H groups in total. The Kier molecular flexibility index (Phi) is 3.52. The van der Waals surface area contributed by atoms with Gasteiger partial charge in [-0.2, -0.15) is 0 Å². The predicted molar refractivity (Wildman–Crippen MR) is 64.3 cm³/mol. The van der Waals surface area contributed by atoms with E-state index < -0.39 is 12.0 Å². The smallest absolute Gasteiger partial charge is 0.327 e. The van der Waals surface area contributed by atoms with Crippen LogP contribution in [0.4, 0.5) is 0 Å². The maximum atomic E-state index is 12.0. The van der Waals surface area contributed by atoms with Gasteiger partial charge in [0.05, 0.1) is 6.33 Å². The van der Waals surface area contributed by atoms with Gasteiger partial charge < -0.3 is 9.67 Å². The van der Waals surface area contributed by atoms with Gasteiger partial charge in [0.1, 0.15) is 6.04 Å². The number of aromatic nitrogens is 2. The molecule has 0 aliphatic carbocycles. The molecule has 1 unspecified atom stereocenters. The number of nitrogens with zero attached hydrogens (tertiary/aromatic N) is 2. The highest BCUT2D eigenvalue weighted by Crippen LogP contribution is 2.15. The number of ketones is 1. The summed E-state index contributed by atoms with van der Waals surface area (Å²) in [5, 5.41) is 9.14. The van der Waals surface area contributed by atoms with E-state index in [9.17, 15) is 9.59 Å². The molecule has 1 aromatic heterocycles. The topological polar surface area (TPSA) is 72.2 Å². The molecule has 5 nitrogen and oxygen atoms in total. The first-order valence-electron chi connectivity index (χ1n) is 5.47. The van der Waals surface area contributed by atoms with Crippen molar-refractivity contribution in [3.05, 3.63) is 54.6 Å². The Morgan fingerprint density at radius 3 is 2.56 bits per heavy atom. The van der Waals surface area contributed by atoms with Crippen molar-refractivity contribution in [1.82, 2.24) is 9.55 Å². The minimum atomic E-state index is -1.04. The molecule has 1 aromatic carbocycles. The molecule has 18 heavy (non-hydrogen) atoms. The van der Waals surface area contributed by atoms with Crippen LogP contribution < -0.4 is 0 Å². The van der Waals surface area contributed by atoms with Gasteiger partial charge in [0.15, 0.2) is 5.78 Å². The first-order valence-corrected chi connectivity index (χ1v) is 5.47. The van der Waals surface area contributed by atoms with Crippen molar-refractivity contribution in [1.29, 1.82) is 0 Å². The number of carbonyl (C=O) groups excluding carboxylic acids is 1. The first kappa shape index (κ1) is 12.0. The highest BCUT2D eigenvalue weighted by Gasteiger charge is 2.23. The second-order valence-electron chi connectivity index (χ2n) is 3.86. The van der Waals surface area contributed by atoms with Gasteiger partial charge in [-0.3, -0.25) is 4.79 Å². The summed E-state index contributed by atoms with van der Waals surface area (Å²) in [5.74, 6) is -1.24. The molecule has 92 valence electrons. The highest BCUT2D eigenvalue weighted by molar-refractivity contribution is 5.98. The second kappa shape index (κ2) is 5.27. The fraction of sp³-hybridized carbons (Fsp3) is 0.154. The molecule has 2 aromatic rings. The standard InChI is InChI=1S/C13H12N2O3/c16-12(10-4-2-1-3-5-10)8-11(13(17)18)15-7-6-14-9-15/h1-7,9,11H,8H2,(H,17,18). The van der Waals surface area contributed by atoms with Crippen molar-refractivity contribution < 1.29 is 14.7 Å². The van der Waals surface area contributed by atoms with Crippen LogP contribution in [0, 0.1) is 0 Å². The van der Waals surface area contributed by atoms with E-state index in [4.69, 9.17) is 5.11 Å². The lowest BCUT2D eigenvalue weighted by Gasteiger charge is -2.12. The zero-order chi connectivity index (χ0) is 13.0. The predicted octanol–water partition coefficient (Wildman–Crippen LogP) is 1.78. The number of carbonyl (C=O) groups is 2. The van der Waals surface area contributed by atoms with Crippen molar-refractivity contribution in [3.8, 4) is 0 Å². The summed E-state index contributed by atoms with van der Waals surface area (Å²) in [7, 11) is 0. The molecular weight excluding hydrogens is 232 g/mol. The monoisotopic (exact) mass is 244 g/mol. The number of hydrogen-bond donors (Lipinski definition) is 1. The summed E-state index contributed by atoms with van der Waals surface area (Å²) in [6.07, 6.45) is 4.34. The second-order valence-corrected chi connectivity index (χ2v) is 3.86. The lowest BCUT2D eigenvalue weighted by Crippen LogP contribution is -2.21. The largest absolute Gasteiger partial charge is 0.480 e. The minimum absolute atomic E-state index is 0.0876. The number of aliphatic carboxylic acids is 1. The SMILES string of the molecule is O=C(CC(C(=O)O)n1ccnc1)c1ccccc1. The van der Waals surface area contributed by atoms with Crippen LogP contribution in [-0.4, -0.2) is 26.4 Å². The number of imidazole rings is 1. The van der Waals surface area contributed by atoms with Crippen molar-refractivity contribution in [2.24, 2.45) is 0 Å². The molecule has 0 fully saturated rings. The fourth-order valence-corrected chi connectivity index (χ4v) is 1.69. The van der Waals surface area contributed by atoms with Crippen molar-refractivity contribution >= 4 is 11.8 Å². The third-order valence-electron chi connectivity index (χ3n) is 2.64. The molecule has 0 radical (unpaired) electrons. The molecular formula is C13H12N2O3. The summed E-state index contributed by atoms with van der Waals surface area (Å²) >= 11 is 0. The van der Waals surface area contributed by atoms with Crippen LogP contribution in [0.1, 0.15) is 22.8 Å². The third kappa shape index (κ3) is 2.63. The van der Waals surface area contributed by atoms with E-state index in [1.54, 1.807) is 30.3 Å². The lowest BCUT2D eigenvalue weighted by molar-refractivity contribution is -0.140. The molecule has 0 amide bonds. The Labute approximate surface area is 104 Å². The number of hydrogen-bond acceptors (Lipinski definition) is 3. The average Bonchev–Trinajstić information content (AvgIpc) is 2.90. The van der Waals surface area contributed by atoms with Gasteiger partial charge in [-0.05, 0) is 0 Å². The fourth-order valence-electron chi connectivity index (χ4n) is 1.69. The van der Waals surface area contributed by atoms with E-state index >= 15 is 0 Å². The summed E-state index contributed by atoms with van der Waals surface area (Å²) in [6, 6.07) is 7.74. The molecule has 0 saturated carbocycles. The minimum Gasteiger partial charge on any atom is -0.480 e. The first-order chi connectivity index (χ1) is 8.68. The maximum Gasteiger partial charge on any atom is 0.327 e. The van der Waals surface area contributed by atoms with E-state index in [-0.39, 0.29) is 12.2 Å². The van der Waals surface area contributed by atoms with Crippen LogP contribution in [0.25, 0.3) is 0 Å². The van der Waals surface area contributed by atoms with Crippen molar-refractivity contribution in [2.75, 3.05) is 0 Å². The summed E-state index contributed by atoms with van der Waals surface area (Å²) in [6.45, 7) is 0. The van der Waals surface area contributed by atoms with Gasteiger partial charge in [0.2, 0.25) is 0 Å². The Morgan fingerprint density at radius 1 is 1.28 bits per heavy atom. The molecule has 0 saturated heterocycles. The lowest BCUT2D eigenvalue weighted by atomic mass is 10.0. The summed E-state index contributed by atoms with van der Waals surface area (Å²) in [5.41, 5.74) is 0.517. The van der Waals surface area contributed by atoms with Gasteiger partial charge >= 0.3 is 5.97 Å². The van der Waals surface area contributed by atoms with Crippen molar-refractivity contribution in [2.45, 2.75) is 12.5 Å². The average molecular weight is 244 g/mol. The molecule has 1 atom stereocenters. The van der Waals surface area contributed by atoms with Gasteiger partial charge in [-0.15, -0.1) is 0 Å². The Morgan fingerprint density at radius 2 is 2.00 bits per heavy atom. The van der Waals surface area contributed by atoms with Crippen LogP contribution in [-0.2, 0) is 4.79 Å². The molecule has 5 heteroatoms. The normalized spacial score (nSPS) is 12.0. The zero-order valence-electron chi connectivity index (χ0n) is 9.56. The summed E-state index contributed by atoms with van der Waals surface area (Å²) in [4.78, 5) is 26.9. The van der Waals surface area contributed by atoms with Gasteiger partial charge in [0, 0.05) is 24.4 Å². The van der Waals surface area contributed by atoms with Gasteiger partial charge in [-0.1, -0.05) is 30.3 Å². The molecule has 0 bridgehead atoms. The van der Waals surface area contributed by atoms with E-state index in [0.717, 1.165) is 0 Å². The Hall–Kier alpha value is -2.43. The molecule has 0 aliphatic rings. The third-order valence-corrected chi connectivity index (χ3v) is 2.64.